The number of phenols is 1. The first-order chi connectivity index (χ1) is 10.0. The molecule has 3 rings (SSSR count). The Labute approximate surface area is 123 Å². The predicted octanol–water partition coefficient (Wildman–Crippen LogP) is 1.70. The van der Waals surface area contributed by atoms with Gasteiger partial charge in [0.2, 0.25) is 5.91 Å². The van der Waals surface area contributed by atoms with Gasteiger partial charge in [0.05, 0.1) is 5.56 Å². The summed E-state index contributed by atoms with van der Waals surface area (Å²) in [5.41, 5.74) is 1.30. The molecule has 0 saturated carbocycles. The zero-order chi connectivity index (χ0) is 15.0. The van der Waals surface area contributed by atoms with E-state index in [1.54, 1.807) is 12.1 Å². The lowest BCUT2D eigenvalue weighted by atomic mass is 9.85. The van der Waals surface area contributed by atoms with E-state index >= 15 is 0 Å². The van der Waals surface area contributed by atoms with E-state index in [1.807, 2.05) is 6.07 Å². The van der Waals surface area contributed by atoms with Crippen molar-refractivity contribution in [1.82, 2.24) is 5.32 Å². The average molecular weight is 288 g/mol. The first-order valence-electron chi connectivity index (χ1n) is 7.43. The summed E-state index contributed by atoms with van der Waals surface area (Å²) in [7, 11) is 0. The molecule has 2 saturated heterocycles. The normalized spacial score (nSPS) is 25.2. The van der Waals surface area contributed by atoms with Crippen molar-refractivity contribution in [3.63, 3.8) is 0 Å². The van der Waals surface area contributed by atoms with Gasteiger partial charge in [-0.1, -0.05) is 0 Å². The molecular formula is C16H20N2O3. The molecule has 2 unspecified atom stereocenters. The lowest BCUT2D eigenvalue weighted by molar-refractivity contribution is -0.124. The standard InChI is InChI=1S/C16H20N2O3/c1-10(19)13-4-3-12(8-15(13)20)18-7-6-14-11(9-18)2-5-16(21)17-14/h3-4,8,11,14,20H,2,5-7,9H2,1H3,(H,17,21). The molecule has 2 fully saturated rings. The van der Waals surface area contributed by atoms with Crippen LogP contribution < -0.4 is 10.2 Å². The molecule has 2 aliphatic rings. The predicted molar refractivity (Wildman–Crippen MR) is 79.6 cm³/mol. The van der Waals surface area contributed by atoms with E-state index in [0.717, 1.165) is 31.6 Å². The van der Waals surface area contributed by atoms with E-state index in [4.69, 9.17) is 0 Å². The first kappa shape index (κ1) is 13.9. The van der Waals surface area contributed by atoms with E-state index in [9.17, 15) is 14.7 Å². The Morgan fingerprint density at radius 2 is 2.19 bits per heavy atom. The first-order valence-corrected chi connectivity index (χ1v) is 7.43. The van der Waals surface area contributed by atoms with Crippen molar-refractivity contribution >= 4 is 17.4 Å². The number of aromatic hydroxyl groups is 1. The summed E-state index contributed by atoms with van der Waals surface area (Å²) >= 11 is 0. The molecule has 2 aliphatic heterocycles. The number of nitrogens with one attached hydrogen (secondary N) is 1. The molecule has 1 aromatic carbocycles. The Morgan fingerprint density at radius 3 is 2.90 bits per heavy atom. The van der Waals surface area contributed by atoms with Crippen molar-refractivity contribution < 1.29 is 14.7 Å². The topological polar surface area (TPSA) is 69.6 Å². The summed E-state index contributed by atoms with van der Waals surface area (Å²) in [6, 6.07) is 5.52. The van der Waals surface area contributed by atoms with Gasteiger partial charge in [-0.15, -0.1) is 0 Å². The van der Waals surface area contributed by atoms with Crippen LogP contribution in [0.3, 0.4) is 0 Å². The zero-order valence-corrected chi connectivity index (χ0v) is 12.1. The highest BCUT2D eigenvalue weighted by atomic mass is 16.3. The lowest BCUT2D eigenvalue weighted by Gasteiger charge is -2.42. The van der Waals surface area contributed by atoms with Gasteiger partial charge in [-0.05, 0) is 37.8 Å². The minimum Gasteiger partial charge on any atom is -0.507 e. The Hall–Kier alpha value is -2.04. The number of piperidine rings is 2. The minimum absolute atomic E-state index is 0.0408. The fraction of sp³-hybridized carbons (Fsp3) is 0.500. The van der Waals surface area contributed by atoms with Gasteiger partial charge in [0.25, 0.3) is 0 Å². The highest BCUT2D eigenvalue weighted by Gasteiger charge is 2.33. The number of hydrogen-bond acceptors (Lipinski definition) is 4. The summed E-state index contributed by atoms with van der Waals surface area (Å²) < 4.78 is 0. The van der Waals surface area contributed by atoms with E-state index in [0.29, 0.717) is 17.9 Å². The zero-order valence-electron chi connectivity index (χ0n) is 12.1. The van der Waals surface area contributed by atoms with Crippen molar-refractivity contribution in [3.05, 3.63) is 23.8 Å². The number of fused-ring (bicyclic) bond motifs is 1. The number of ketones is 1. The van der Waals surface area contributed by atoms with Crippen LogP contribution in [0.4, 0.5) is 5.69 Å². The van der Waals surface area contributed by atoms with Gasteiger partial charge in [0, 0.05) is 37.3 Å². The molecule has 112 valence electrons. The number of amides is 1. The maximum absolute atomic E-state index is 11.4. The molecule has 5 heteroatoms. The van der Waals surface area contributed by atoms with Crippen LogP contribution in [0.15, 0.2) is 18.2 Å². The largest absolute Gasteiger partial charge is 0.507 e. The maximum Gasteiger partial charge on any atom is 0.220 e. The second-order valence-corrected chi connectivity index (χ2v) is 5.97. The molecule has 1 aromatic rings. The lowest BCUT2D eigenvalue weighted by Crippen LogP contribution is -2.54. The number of rotatable bonds is 2. The Balaban J connectivity index is 1.75. The monoisotopic (exact) mass is 288 g/mol. The third kappa shape index (κ3) is 2.73. The van der Waals surface area contributed by atoms with Crippen LogP contribution in [-0.2, 0) is 4.79 Å². The third-order valence-electron chi connectivity index (χ3n) is 4.55. The number of nitrogens with zero attached hydrogens (tertiary/aromatic N) is 1. The Morgan fingerprint density at radius 1 is 1.38 bits per heavy atom. The highest BCUT2D eigenvalue weighted by Crippen LogP contribution is 2.31. The van der Waals surface area contributed by atoms with Crippen molar-refractivity contribution in [2.45, 2.75) is 32.2 Å². The molecule has 5 nitrogen and oxygen atoms in total. The van der Waals surface area contributed by atoms with Crippen LogP contribution in [0.2, 0.25) is 0 Å². The number of phenolic OH excluding ortho intramolecular Hbond substituents is 1. The number of Topliss-reactive ketones (excluding diaryl/α,β-unsaturated/α-hetero) is 1. The fourth-order valence-corrected chi connectivity index (χ4v) is 3.36. The van der Waals surface area contributed by atoms with Gasteiger partial charge >= 0.3 is 0 Å². The Kier molecular flexibility index (Phi) is 3.57. The van der Waals surface area contributed by atoms with Crippen LogP contribution in [0, 0.1) is 5.92 Å². The molecule has 2 atom stereocenters. The van der Waals surface area contributed by atoms with Gasteiger partial charge in [0.1, 0.15) is 5.75 Å². The average Bonchev–Trinajstić information content (AvgIpc) is 2.46. The minimum atomic E-state index is -0.132. The van der Waals surface area contributed by atoms with E-state index < -0.39 is 0 Å². The fourth-order valence-electron chi connectivity index (χ4n) is 3.36. The van der Waals surface area contributed by atoms with Crippen molar-refractivity contribution in [3.8, 4) is 5.75 Å². The van der Waals surface area contributed by atoms with Crippen molar-refractivity contribution in [2.75, 3.05) is 18.0 Å². The van der Waals surface area contributed by atoms with Gasteiger partial charge in [-0.25, -0.2) is 0 Å². The molecule has 1 amide bonds. The SMILES string of the molecule is CC(=O)c1ccc(N2CCC3NC(=O)CCC3C2)cc1O. The molecule has 0 radical (unpaired) electrons. The molecule has 0 aliphatic carbocycles. The quantitative estimate of drug-likeness (QED) is 0.813. The van der Waals surface area contributed by atoms with Crippen LogP contribution in [0.1, 0.15) is 36.5 Å². The summed E-state index contributed by atoms with van der Waals surface area (Å²) in [6.45, 7) is 3.18. The van der Waals surface area contributed by atoms with Gasteiger partial charge in [-0.2, -0.15) is 0 Å². The van der Waals surface area contributed by atoms with Crippen molar-refractivity contribution in [1.29, 1.82) is 0 Å². The number of carbonyl (C=O) groups is 2. The maximum atomic E-state index is 11.4. The molecular weight excluding hydrogens is 268 g/mol. The van der Waals surface area contributed by atoms with E-state index in [2.05, 4.69) is 10.2 Å². The third-order valence-corrected chi connectivity index (χ3v) is 4.55. The number of carbonyl (C=O) groups excluding carboxylic acids is 2. The van der Waals surface area contributed by atoms with Gasteiger partial charge in [0.15, 0.2) is 5.78 Å². The molecule has 2 N–H and O–H groups in total. The number of benzene rings is 1. The van der Waals surface area contributed by atoms with E-state index in [1.165, 1.54) is 6.92 Å². The molecule has 2 heterocycles. The summed E-state index contributed by atoms with van der Waals surface area (Å²) in [5, 5.41) is 13.0. The van der Waals surface area contributed by atoms with Crippen LogP contribution in [0.25, 0.3) is 0 Å². The number of hydrogen-bond donors (Lipinski definition) is 2. The summed E-state index contributed by atoms with van der Waals surface area (Å²) in [5.74, 6) is 0.533. The van der Waals surface area contributed by atoms with Crippen molar-refractivity contribution in [2.24, 2.45) is 5.92 Å². The second-order valence-electron chi connectivity index (χ2n) is 5.97. The van der Waals surface area contributed by atoms with Crippen LogP contribution in [-0.4, -0.2) is 35.9 Å². The molecule has 0 aromatic heterocycles. The second kappa shape index (κ2) is 5.39. The van der Waals surface area contributed by atoms with E-state index in [-0.39, 0.29) is 23.5 Å². The molecule has 21 heavy (non-hydrogen) atoms. The highest BCUT2D eigenvalue weighted by molar-refractivity contribution is 5.97. The van der Waals surface area contributed by atoms with Gasteiger partial charge in [-0.3, -0.25) is 9.59 Å². The molecule has 0 spiro atoms. The summed E-state index contributed by atoms with van der Waals surface area (Å²) in [6.07, 6.45) is 2.44. The molecule has 0 bridgehead atoms. The summed E-state index contributed by atoms with van der Waals surface area (Å²) in [4.78, 5) is 25.0. The Bertz CT molecular complexity index is 585. The van der Waals surface area contributed by atoms with Crippen LogP contribution in [0.5, 0.6) is 5.75 Å². The van der Waals surface area contributed by atoms with Crippen LogP contribution >= 0.6 is 0 Å². The van der Waals surface area contributed by atoms with Gasteiger partial charge < -0.3 is 15.3 Å². The number of anilines is 1. The smallest absolute Gasteiger partial charge is 0.220 e.